The number of rotatable bonds is 2. The van der Waals surface area contributed by atoms with Crippen molar-refractivity contribution < 1.29 is 10.2 Å². The molecule has 0 bridgehead atoms. The first-order chi connectivity index (χ1) is 8.67. The third-order valence-corrected chi connectivity index (χ3v) is 2.26. The average molecular weight is 240 g/mol. The zero-order valence-electron chi connectivity index (χ0n) is 10.1. The molecule has 2 rings (SSSR count). The lowest BCUT2D eigenvalue weighted by Crippen LogP contribution is -1.69. The van der Waals surface area contributed by atoms with Gasteiger partial charge in [-0.15, -0.1) is 0 Å². The van der Waals surface area contributed by atoms with Crippen molar-refractivity contribution in [2.24, 2.45) is 0 Å². The van der Waals surface area contributed by atoms with Crippen molar-refractivity contribution in [1.29, 1.82) is 0 Å². The summed E-state index contributed by atoms with van der Waals surface area (Å²) in [5, 5.41) is 17.9. The Labute approximate surface area is 107 Å². The minimum Gasteiger partial charge on any atom is -0.508 e. The summed E-state index contributed by atoms with van der Waals surface area (Å²) in [6.45, 7) is 7.09. The first kappa shape index (κ1) is 13.6. The largest absolute Gasteiger partial charge is 0.508 e. The van der Waals surface area contributed by atoms with Gasteiger partial charge in [0.25, 0.3) is 0 Å². The zero-order chi connectivity index (χ0) is 13.4. The molecule has 2 N–H and O–H groups in total. The van der Waals surface area contributed by atoms with Crippen LogP contribution in [0.5, 0.6) is 11.5 Å². The van der Waals surface area contributed by atoms with Crippen LogP contribution >= 0.6 is 0 Å². The zero-order valence-corrected chi connectivity index (χ0v) is 10.1. The highest BCUT2D eigenvalue weighted by molar-refractivity contribution is 5.54. The molecule has 2 aromatic rings. The van der Waals surface area contributed by atoms with E-state index in [1.807, 2.05) is 18.2 Å². The molecule has 0 spiro atoms. The maximum Gasteiger partial charge on any atom is 0.122 e. The summed E-state index contributed by atoms with van der Waals surface area (Å²) in [5.74, 6) is 0.569. The molecule has 0 aromatic heterocycles. The third kappa shape index (κ3) is 4.18. The Kier molecular flexibility index (Phi) is 5.26. The number of aromatic hydroxyl groups is 2. The topological polar surface area (TPSA) is 40.5 Å². The molecule has 0 saturated heterocycles. The number of hydrogen-bond acceptors (Lipinski definition) is 2. The fourth-order valence-electron chi connectivity index (χ4n) is 1.31. The van der Waals surface area contributed by atoms with Crippen LogP contribution in [0.4, 0.5) is 0 Å². The van der Waals surface area contributed by atoms with Gasteiger partial charge in [-0.25, -0.2) is 0 Å². The van der Waals surface area contributed by atoms with Crippen LogP contribution in [0.1, 0.15) is 11.1 Å². The predicted molar refractivity (Wildman–Crippen MR) is 76.4 cm³/mol. The van der Waals surface area contributed by atoms with Gasteiger partial charge in [0.2, 0.25) is 0 Å². The van der Waals surface area contributed by atoms with Gasteiger partial charge in [-0.2, -0.15) is 0 Å². The lowest BCUT2D eigenvalue weighted by atomic mass is 10.2. The Bertz CT molecular complexity index is 530. The van der Waals surface area contributed by atoms with E-state index in [1.165, 1.54) is 0 Å². The maximum absolute atomic E-state index is 9.04. The average Bonchev–Trinajstić information content (AvgIpc) is 2.40. The molecule has 0 saturated carbocycles. The van der Waals surface area contributed by atoms with Crippen LogP contribution in [-0.2, 0) is 0 Å². The summed E-state index contributed by atoms with van der Waals surface area (Å²) >= 11 is 0. The summed E-state index contributed by atoms with van der Waals surface area (Å²) in [6, 6.07) is 14.0. The SMILES string of the molecule is C=Cc1cccc(O)c1.C=Cc1ccccc1O. The maximum atomic E-state index is 9.04. The van der Waals surface area contributed by atoms with E-state index >= 15 is 0 Å². The van der Waals surface area contributed by atoms with Gasteiger partial charge in [-0.05, 0) is 23.8 Å². The molecule has 0 unspecified atom stereocenters. The summed E-state index contributed by atoms with van der Waals surface area (Å²) in [6.07, 6.45) is 3.31. The number of phenolic OH excluding ortho intramolecular Hbond substituents is 2. The van der Waals surface area contributed by atoms with Crippen molar-refractivity contribution in [1.82, 2.24) is 0 Å². The smallest absolute Gasteiger partial charge is 0.122 e. The quantitative estimate of drug-likeness (QED) is 0.830. The fraction of sp³-hybridized carbons (Fsp3) is 0. The van der Waals surface area contributed by atoms with Crippen molar-refractivity contribution in [3.05, 3.63) is 72.8 Å². The molecule has 2 heteroatoms. The molecule has 2 nitrogen and oxygen atoms in total. The second kappa shape index (κ2) is 6.97. The van der Waals surface area contributed by atoms with Gasteiger partial charge in [0.15, 0.2) is 0 Å². The standard InChI is InChI=1S/2C8H8O/c1-2-7-4-3-5-8(9)6-7;1-2-7-5-3-4-6-8(7)9/h2*2-6,9H,1H2. The molecule has 92 valence electrons. The molecule has 18 heavy (non-hydrogen) atoms. The van der Waals surface area contributed by atoms with Gasteiger partial charge >= 0.3 is 0 Å². The molecule has 0 heterocycles. The van der Waals surface area contributed by atoms with Gasteiger partial charge in [0, 0.05) is 5.56 Å². The summed E-state index contributed by atoms with van der Waals surface area (Å²) in [7, 11) is 0. The van der Waals surface area contributed by atoms with Crippen LogP contribution in [0, 0.1) is 0 Å². The molecule has 2 aromatic carbocycles. The lowest BCUT2D eigenvalue weighted by molar-refractivity contribution is 0.474. The van der Waals surface area contributed by atoms with Crippen molar-refractivity contribution >= 4 is 12.2 Å². The van der Waals surface area contributed by atoms with E-state index < -0.39 is 0 Å². The van der Waals surface area contributed by atoms with Gasteiger partial charge < -0.3 is 10.2 Å². The first-order valence-corrected chi connectivity index (χ1v) is 5.49. The van der Waals surface area contributed by atoms with Crippen LogP contribution in [0.15, 0.2) is 61.7 Å². The molecule has 0 atom stereocenters. The first-order valence-electron chi connectivity index (χ1n) is 5.49. The molecular formula is C16H16O2. The van der Waals surface area contributed by atoms with E-state index in [2.05, 4.69) is 13.2 Å². The van der Waals surface area contributed by atoms with Gasteiger partial charge in [-0.1, -0.05) is 55.6 Å². The Hall–Kier alpha value is -2.48. The Morgan fingerprint density at radius 1 is 0.833 bits per heavy atom. The molecule has 0 aliphatic heterocycles. The van der Waals surface area contributed by atoms with Crippen LogP contribution in [0.25, 0.3) is 12.2 Å². The normalized spacial score (nSPS) is 8.89. The summed E-state index contributed by atoms with van der Waals surface area (Å²) in [5.41, 5.74) is 1.72. The minimum atomic E-state index is 0.285. The monoisotopic (exact) mass is 240 g/mol. The predicted octanol–water partition coefficient (Wildman–Crippen LogP) is 4.07. The minimum absolute atomic E-state index is 0.285. The Morgan fingerprint density at radius 2 is 1.56 bits per heavy atom. The number of phenols is 2. The number of benzene rings is 2. The van der Waals surface area contributed by atoms with Gasteiger partial charge in [0.05, 0.1) is 0 Å². The number of para-hydroxylation sites is 1. The molecule has 0 radical (unpaired) electrons. The highest BCUT2D eigenvalue weighted by Crippen LogP contribution is 2.15. The summed E-state index contributed by atoms with van der Waals surface area (Å²) < 4.78 is 0. The highest BCUT2D eigenvalue weighted by atomic mass is 16.3. The van der Waals surface area contributed by atoms with Crippen molar-refractivity contribution in [2.75, 3.05) is 0 Å². The van der Waals surface area contributed by atoms with Crippen LogP contribution < -0.4 is 0 Å². The molecule has 0 aliphatic rings. The molecule has 0 fully saturated rings. The highest BCUT2D eigenvalue weighted by Gasteiger charge is 1.89. The van der Waals surface area contributed by atoms with E-state index in [9.17, 15) is 0 Å². The summed E-state index contributed by atoms with van der Waals surface area (Å²) in [4.78, 5) is 0. The Balaban J connectivity index is 0.000000180. The second-order valence-corrected chi connectivity index (χ2v) is 3.56. The van der Waals surface area contributed by atoms with Crippen molar-refractivity contribution in [3.8, 4) is 11.5 Å². The molecule has 0 aliphatic carbocycles. The van der Waals surface area contributed by atoms with Crippen LogP contribution in [-0.4, -0.2) is 10.2 Å². The van der Waals surface area contributed by atoms with Gasteiger partial charge in [-0.3, -0.25) is 0 Å². The molecular weight excluding hydrogens is 224 g/mol. The van der Waals surface area contributed by atoms with Crippen molar-refractivity contribution in [3.63, 3.8) is 0 Å². The third-order valence-electron chi connectivity index (χ3n) is 2.26. The van der Waals surface area contributed by atoms with Crippen LogP contribution in [0.3, 0.4) is 0 Å². The fourth-order valence-corrected chi connectivity index (χ4v) is 1.31. The van der Waals surface area contributed by atoms with E-state index in [0.717, 1.165) is 11.1 Å². The van der Waals surface area contributed by atoms with Crippen LogP contribution in [0.2, 0.25) is 0 Å². The van der Waals surface area contributed by atoms with Gasteiger partial charge in [0.1, 0.15) is 11.5 Å². The van der Waals surface area contributed by atoms with E-state index in [0.29, 0.717) is 0 Å². The van der Waals surface area contributed by atoms with E-state index in [4.69, 9.17) is 10.2 Å². The second-order valence-electron chi connectivity index (χ2n) is 3.56. The lowest BCUT2D eigenvalue weighted by Gasteiger charge is -1.93. The van der Waals surface area contributed by atoms with E-state index in [-0.39, 0.29) is 11.5 Å². The molecule has 0 amide bonds. The van der Waals surface area contributed by atoms with Crippen molar-refractivity contribution in [2.45, 2.75) is 0 Å². The Morgan fingerprint density at radius 3 is 2.00 bits per heavy atom. The number of hydrogen-bond donors (Lipinski definition) is 2. The van der Waals surface area contributed by atoms with E-state index in [1.54, 1.807) is 42.5 Å².